The minimum Gasteiger partial charge on any atom is -0.437 e. The van der Waals surface area contributed by atoms with Crippen molar-refractivity contribution in [2.75, 3.05) is 0 Å². The number of hydrogen-bond donors (Lipinski definition) is 0. The molecule has 16 heavy (non-hydrogen) atoms. The van der Waals surface area contributed by atoms with Crippen molar-refractivity contribution >= 4 is 11.8 Å². The number of oxazole rings is 1. The van der Waals surface area contributed by atoms with Crippen molar-refractivity contribution in [1.29, 1.82) is 0 Å². The molecule has 2 rings (SSSR count). The van der Waals surface area contributed by atoms with Crippen LogP contribution in [0.5, 0.6) is 0 Å². The number of aromatic nitrogens is 1. The summed E-state index contributed by atoms with van der Waals surface area (Å²) in [5.74, 6) is 1.78. The molecule has 0 spiro atoms. The fraction of sp³-hybridized carbons (Fsp3) is 0.308. The third-order valence-electron chi connectivity index (χ3n) is 2.58. The second kappa shape index (κ2) is 4.74. The van der Waals surface area contributed by atoms with Gasteiger partial charge >= 0.3 is 0 Å². The molecular formula is C13H15NOS. The van der Waals surface area contributed by atoms with Crippen LogP contribution in [0.1, 0.15) is 22.5 Å². The molecule has 1 aromatic carbocycles. The monoisotopic (exact) mass is 233 g/mol. The van der Waals surface area contributed by atoms with E-state index < -0.39 is 0 Å². The van der Waals surface area contributed by atoms with Crippen LogP contribution in [-0.2, 0) is 5.75 Å². The third kappa shape index (κ3) is 2.47. The minimum atomic E-state index is 0.750. The van der Waals surface area contributed by atoms with Gasteiger partial charge in [0.15, 0.2) is 0 Å². The zero-order chi connectivity index (χ0) is 11.5. The lowest BCUT2D eigenvalue weighted by Crippen LogP contribution is -1.90. The standard InChI is InChI=1S/C13H15NOS/c1-9-5-4-6-10(2)12(9)8-16-13-14-7-11(3)15-13/h4-7H,8H2,1-3H3. The lowest BCUT2D eigenvalue weighted by molar-refractivity contribution is 0.431. The van der Waals surface area contributed by atoms with E-state index in [0.29, 0.717) is 0 Å². The zero-order valence-corrected chi connectivity index (χ0v) is 10.6. The molecule has 0 aliphatic rings. The Morgan fingerprint density at radius 3 is 2.44 bits per heavy atom. The van der Waals surface area contributed by atoms with E-state index in [9.17, 15) is 0 Å². The molecule has 0 N–H and O–H groups in total. The molecule has 0 bridgehead atoms. The van der Waals surface area contributed by atoms with Crippen molar-refractivity contribution in [3.8, 4) is 0 Å². The maximum Gasteiger partial charge on any atom is 0.256 e. The number of aryl methyl sites for hydroxylation is 3. The first kappa shape index (κ1) is 11.3. The van der Waals surface area contributed by atoms with E-state index in [0.717, 1.165) is 16.7 Å². The molecule has 0 atom stereocenters. The van der Waals surface area contributed by atoms with Gasteiger partial charge in [0, 0.05) is 5.75 Å². The van der Waals surface area contributed by atoms with Crippen LogP contribution in [0.3, 0.4) is 0 Å². The molecule has 0 aliphatic heterocycles. The lowest BCUT2D eigenvalue weighted by Gasteiger charge is -2.07. The van der Waals surface area contributed by atoms with Gasteiger partial charge in [-0.05, 0) is 37.5 Å². The highest BCUT2D eigenvalue weighted by atomic mass is 32.2. The predicted molar refractivity (Wildman–Crippen MR) is 66.7 cm³/mol. The van der Waals surface area contributed by atoms with E-state index in [-0.39, 0.29) is 0 Å². The normalized spacial score (nSPS) is 10.7. The largest absolute Gasteiger partial charge is 0.437 e. The van der Waals surface area contributed by atoms with Crippen LogP contribution in [0.25, 0.3) is 0 Å². The molecule has 1 aromatic heterocycles. The van der Waals surface area contributed by atoms with Crippen LogP contribution in [0.2, 0.25) is 0 Å². The second-order valence-electron chi connectivity index (χ2n) is 3.90. The average molecular weight is 233 g/mol. The molecule has 0 radical (unpaired) electrons. The van der Waals surface area contributed by atoms with Crippen LogP contribution < -0.4 is 0 Å². The van der Waals surface area contributed by atoms with Gasteiger partial charge in [-0.2, -0.15) is 0 Å². The molecule has 0 saturated heterocycles. The highest BCUT2D eigenvalue weighted by molar-refractivity contribution is 7.98. The Morgan fingerprint density at radius 1 is 1.19 bits per heavy atom. The Labute approximate surface area is 100 Å². The molecule has 0 fully saturated rings. The van der Waals surface area contributed by atoms with Crippen molar-refractivity contribution in [1.82, 2.24) is 4.98 Å². The molecule has 0 unspecified atom stereocenters. The first-order chi connectivity index (χ1) is 7.66. The first-order valence-electron chi connectivity index (χ1n) is 5.27. The van der Waals surface area contributed by atoms with Crippen LogP contribution in [0.4, 0.5) is 0 Å². The summed E-state index contributed by atoms with van der Waals surface area (Å²) < 4.78 is 5.44. The molecule has 2 nitrogen and oxygen atoms in total. The van der Waals surface area contributed by atoms with Gasteiger partial charge in [0.05, 0.1) is 6.20 Å². The van der Waals surface area contributed by atoms with Crippen LogP contribution >= 0.6 is 11.8 Å². The summed E-state index contributed by atoms with van der Waals surface area (Å²) in [6, 6.07) is 6.38. The smallest absolute Gasteiger partial charge is 0.256 e. The molecular weight excluding hydrogens is 218 g/mol. The van der Waals surface area contributed by atoms with Crippen molar-refractivity contribution in [2.24, 2.45) is 0 Å². The SMILES string of the molecule is Cc1cnc(SCc2c(C)cccc2C)o1. The van der Waals surface area contributed by atoms with Gasteiger partial charge in [0.1, 0.15) is 5.76 Å². The number of hydrogen-bond acceptors (Lipinski definition) is 3. The lowest BCUT2D eigenvalue weighted by atomic mass is 10.1. The molecule has 1 heterocycles. The summed E-state index contributed by atoms with van der Waals surface area (Å²) in [5, 5.41) is 0.750. The number of nitrogens with zero attached hydrogens (tertiary/aromatic N) is 1. The van der Waals surface area contributed by atoms with Crippen molar-refractivity contribution in [2.45, 2.75) is 31.7 Å². The zero-order valence-electron chi connectivity index (χ0n) is 9.78. The van der Waals surface area contributed by atoms with Crippen LogP contribution in [0, 0.1) is 20.8 Å². The van der Waals surface area contributed by atoms with Crippen LogP contribution in [-0.4, -0.2) is 4.98 Å². The Morgan fingerprint density at radius 2 is 1.88 bits per heavy atom. The van der Waals surface area contributed by atoms with E-state index >= 15 is 0 Å². The van der Waals surface area contributed by atoms with Gasteiger partial charge in [0.2, 0.25) is 0 Å². The number of thioether (sulfide) groups is 1. The summed E-state index contributed by atoms with van der Waals surface area (Å²) in [6.07, 6.45) is 1.76. The fourth-order valence-electron chi connectivity index (χ4n) is 1.61. The van der Waals surface area contributed by atoms with Gasteiger partial charge in [-0.15, -0.1) is 0 Å². The maximum atomic E-state index is 5.44. The average Bonchev–Trinajstić information content (AvgIpc) is 2.63. The van der Waals surface area contributed by atoms with E-state index in [1.165, 1.54) is 16.7 Å². The number of rotatable bonds is 3. The van der Waals surface area contributed by atoms with Crippen LogP contribution in [0.15, 0.2) is 34.0 Å². The molecule has 0 amide bonds. The Balaban J connectivity index is 2.10. The Kier molecular flexibility index (Phi) is 3.34. The maximum absolute atomic E-state index is 5.44. The molecule has 0 aliphatic carbocycles. The van der Waals surface area contributed by atoms with E-state index in [1.54, 1.807) is 18.0 Å². The topological polar surface area (TPSA) is 26.0 Å². The molecule has 84 valence electrons. The van der Waals surface area contributed by atoms with Crippen molar-refractivity contribution in [3.05, 3.63) is 46.8 Å². The summed E-state index contributed by atoms with van der Waals surface area (Å²) in [5.41, 5.74) is 4.04. The van der Waals surface area contributed by atoms with E-state index in [2.05, 4.69) is 37.0 Å². The highest BCUT2D eigenvalue weighted by Crippen LogP contribution is 2.25. The summed E-state index contributed by atoms with van der Waals surface area (Å²) in [4.78, 5) is 4.19. The first-order valence-corrected chi connectivity index (χ1v) is 6.25. The molecule has 0 saturated carbocycles. The van der Waals surface area contributed by atoms with E-state index in [1.807, 2.05) is 6.92 Å². The van der Waals surface area contributed by atoms with Crippen molar-refractivity contribution < 1.29 is 4.42 Å². The Hall–Kier alpha value is -1.22. The quantitative estimate of drug-likeness (QED) is 0.752. The van der Waals surface area contributed by atoms with Gasteiger partial charge in [-0.25, -0.2) is 4.98 Å². The molecule has 3 heteroatoms. The second-order valence-corrected chi connectivity index (χ2v) is 4.82. The predicted octanol–water partition coefficient (Wildman–Crippen LogP) is 3.89. The van der Waals surface area contributed by atoms with Gasteiger partial charge in [-0.1, -0.05) is 30.0 Å². The summed E-state index contributed by atoms with van der Waals surface area (Å²) in [6.45, 7) is 6.20. The minimum absolute atomic E-state index is 0.750. The van der Waals surface area contributed by atoms with E-state index in [4.69, 9.17) is 4.42 Å². The molecule has 2 aromatic rings. The summed E-state index contributed by atoms with van der Waals surface area (Å²) >= 11 is 1.64. The van der Waals surface area contributed by atoms with Gasteiger partial charge in [0.25, 0.3) is 5.22 Å². The number of benzene rings is 1. The van der Waals surface area contributed by atoms with Gasteiger partial charge < -0.3 is 4.42 Å². The highest BCUT2D eigenvalue weighted by Gasteiger charge is 2.06. The Bertz CT molecular complexity index is 470. The summed E-state index contributed by atoms with van der Waals surface area (Å²) in [7, 11) is 0. The third-order valence-corrected chi connectivity index (χ3v) is 3.45. The fourth-order valence-corrected chi connectivity index (χ4v) is 2.65. The van der Waals surface area contributed by atoms with Gasteiger partial charge in [-0.3, -0.25) is 0 Å². The van der Waals surface area contributed by atoms with Crippen molar-refractivity contribution in [3.63, 3.8) is 0 Å².